The van der Waals surface area contributed by atoms with Crippen LogP contribution < -0.4 is 21.7 Å². The molecule has 4 rings (SSSR count). The van der Waals surface area contributed by atoms with Crippen LogP contribution in [0.1, 0.15) is 59.0 Å². The number of nitrogens with one attached hydrogen (secondary N) is 4. The number of carbonyl (C=O) groups excluding carboxylic acids is 5. The van der Waals surface area contributed by atoms with E-state index in [-0.39, 0.29) is 41.8 Å². The summed E-state index contributed by atoms with van der Waals surface area (Å²) in [7, 11) is 1.21. The summed E-state index contributed by atoms with van der Waals surface area (Å²) in [5.41, 5.74) is 6.56. The number of hydrogen-bond donors (Lipinski definition) is 5. The lowest BCUT2D eigenvalue weighted by atomic mass is 9.98. The molecule has 4 aromatic rings. The zero-order valence-electron chi connectivity index (χ0n) is 28.1. The maximum atomic E-state index is 13.7. The Balaban J connectivity index is 0.00000676. The first-order chi connectivity index (χ1) is 23.2. The van der Waals surface area contributed by atoms with Gasteiger partial charge in [0.05, 0.1) is 13.5 Å². The zero-order valence-corrected chi connectivity index (χ0v) is 30.4. The lowest BCUT2D eigenvalue weighted by Crippen LogP contribution is -2.53. The monoisotopic (exact) mass is 793 g/mol. The first-order valence-electron chi connectivity index (χ1n) is 15.5. The highest BCUT2D eigenvalue weighted by atomic mass is 127. The van der Waals surface area contributed by atoms with Gasteiger partial charge in [0.1, 0.15) is 23.5 Å². The maximum absolute atomic E-state index is 13.7. The molecule has 12 nitrogen and oxygen atoms in total. The number of benzene rings is 4. The Hall–Kier alpha value is -5.31. The van der Waals surface area contributed by atoms with Crippen LogP contribution in [0, 0.1) is 5.41 Å². The molecule has 0 saturated carbocycles. The van der Waals surface area contributed by atoms with Crippen molar-refractivity contribution < 1.29 is 33.4 Å². The van der Waals surface area contributed by atoms with Crippen molar-refractivity contribution in [2.45, 2.75) is 51.3 Å². The summed E-state index contributed by atoms with van der Waals surface area (Å²) in [4.78, 5) is 65.7. The molecule has 0 aliphatic heterocycles. The van der Waals surface area contributed by atoms with Gasteiger partial charge in [0.25, 0.3) is 11.8 Å². The second kappa shape index (κ2) is 17.4. The molecule has 0 heterocycles. The van der Waals surface area contributed by atoms with Crippen molar-refractivity contribution in [2.75, 3.05) is 12.4 Å². The van der Waals surface area contributed by atoms with E-state index < -0.39 is 53.8 Å². The van der Waals surface area contributed by atoms with Crippen LogP contribution in [0.5, 0.6) is 0 Å². The van der Waals surface area contributed by atoms with Gasteiger partial charge in [-0.2, -0.15) is 0 Å². The van der Waals surface area contributed by atoms with Gasteiger partial charge in [-0.1, -0.05) is 60.7 Å². The number of methoxy groups -OCH3 is 1. The zero-order chi connectivity index (χ0) is 35.7. The fraction of sp³-hybridized carbons (Fsp3) is 0.243. The van der Waals surface area contributed by atoms with Gasteiger partial charge in [0.15, 0.2) is 0 Å². The number of nitrogens with two attached hydrogens (primary N) is 1. The minimum atomic E-state index is -1.43. The standard InChI is InChI=1S/C37H39N5O7.HI/c1-37(2,3)49-31(43)21-29(35(46)42-30(36(47)48-4)20-25-11-7-10-22-9-5-6-14-28(22)25)41-34(45)26-12-8-13-27(19-26)40-33(44)24-17-15-23(16-18-24)32(38)39;/h5-19,29-30H,20-21H2,1-4H3,(H3,38,39)(H,40,44)(H,41,45)(H,42,46);1H/t29-,30-;/m0./s1. The normalized spacial score (nSPS) is 12.0. The van der Waals surface area contributed by atoms with Gasteiger partial charge in [-0.05, 0) is 67.4 Å². The molecule has 3 amide bonds. The van der Waals surface area contributed by atoms with Crippen LogP contribution in [0.4, 0.5) is 5.69 Å². The molecular formula is C37H40IN5O7. The third-order valence-corrected chi connectivity index (χ3v) is 7.36. The van der Waals surface area contributed by atoms with Gasteiger partial charge in [0, 0.05) is 28.8 Å². The molecule has 50 heavy (non-hydrogen) atoms. The van der Waals surface area contributed by atoms with Crippen LogP contribution in [0.15, 0.2) is 91.0 Å². The second-order valence-corrected chi connectivity index (χ2v) is 12.3. The van der Waals surface area contributed by atoms with Crippen molar-refractivity contribution >= 4 is 75.9 Å². The fourth-order valence-electron chi connectivity index (χ4n) is 5.04. The van der Waals surface area contributed by atoms with Crippen LogP contribution >= 0.6 is 24.0 Å². The molecule has 0 spiro atoms. The van der Waals surface area contributed by atoms with Crippen LogP contribution in [0.25, 0.3) is 10.8 Å². The van der Waals surface area contributed by atoms with Gasteiger partial charge in [-0.15, -0.1) is 24.0 Å². The highest BCUT2D eigenvalue weighted by Gasteiger charge is 2.31. The molecule has 0 aromatic heterocycles. The number of anilines is 1. The highest BCUT2D eigenvalue weighted by molar-refractivity contribution is 14.0. The van der Waals surface area contributed by atoms with E-state index in [1.54, 1.807) is 45.0 Å². The highest BCUT2D eigenvalue weighted by Crippen LogP contribution is 2.21. The lowest BCUT2D eigenvalue weighted by Gasteiger charge is -2.24. The van der Waals surface area contributed by atoms with Crippen LogP contribution in [0.2, 0.25) is 0 Å². The molecule has 2 atom stereocenters. The molecule has 0 aliphatic rings. The van der Waals surface area contributed by atoms with Crippen molar-refractivity contribution in [3.8, 4) is 0 Å². The maximum Gasteiger partial charge on any atom is 0.328 e. The van der Waals surface area contributed by atoms with Crippen molar-refractivity contribution in [1.82, 2.24) is 10.6 Å². The number of hydrogen-bond acceptors (Lipinski definition) is 8. The molecular weight excluding hydrogens is 753 g/mol. The quantitative estimate of drug-likeness (QED) is 0.0589. The summed E-state index contributed by atoms with van der Waals surface area (Å²) in [5.74, 6) is -3.55. The summed E-state index contributed by atoms with van der Waals surface area (Å²) in [6.07, 6.45) is -0.435. The second-order valence-electron chi connectivity index (χ2n) is 12.3. The molecule has 13 heteroatoms. The van der Waals surface area contributed by atoms with Gasteiger partial charge >= 0.3 is 11.9 Å². The Morgan fingerprint density at radius 2 is 1.42 bits per heavy atom. The molecule has 0 saturated heterocycles. The third-order valence-electron chi connectivity index (χ3n) is 7.36. The summed E-state index contributed by atoms with van der Waals surface area (Å²) in [5, 5.41) is 17.3. The lowest BCUT2D eigenvalue weighted by molar-refractivity contribution is -0.156. The summed E-state index contributed by atoms with van der Waals surface area (Å²) >= 11 is 0. The van der Waals surface area contributed by atoms with Gasteiger partial charge in [0.2, 0.25) is 5.91 Å². The van der Waals surface area contributed by atoms with E-state index in [9.17, 15) is 24.0 Å². The molecule has 4 aromatic carbocycles. The Morgan fingerprint density at radius 3 is 2.08 bits per heavy atom. The molecule has 0 fully saturated rings. The number of nitrogen functional groups attached to an aromatic ring is 1. The van der Waals surface area contributed by atoms with E-state index in [0.29, 0.717) is 16.8 Å². The number of amides is 3. The average Bonchev–Trinajstić information content (AvgIpc) is 3.06. The van der Waals surface area contributed by atoms with E-state index in [1.165, 1.54) is 31.4 Å². The Kier molecular flexibility index (Phi) is 13.6. The molecule has 0 radical (unpaired) electrons. The molecule has 0 bridgehead atoms. The topological polar surface area (TPSA) is 190 Å². The largest absolute Gasteiger partial charge is 0.467 e. The molecule has 0 aliphatic carbocycles. The molecule has 6 N–H and O–H groups in total. The van der Waals surface area contributed by atoms with Gasteiger partial charge in [-0.3, -0.25) is 24.6 Å². The summed E-state index contributed by atoms with van der Waals surface area (Å²) in [6.45, 7) is 5.02. The number of ether oxygens (including phenoxy) is 2. The third kappa shape index (κ3) is 10.9. The van der Waals surface area contributed by atoms with E-state index in [4.69, 9.17) is 20.6 Å². The number of halogens is 1. The summed E-state index contributed by atoms with van der Waals surface area (Å²) < 4.78 is 10.4. The number of rotatable bonds is 12. The van der Waals surface area contributed by atoms with Crippen molar-refractivity contribution in [3.63, 3.8) is 0 Å². The number of carbonyl (C=O) groups is 5. The number of amidine groups is 1. The van der Waals surface area contributed by atoms with Gasteiger partial charge in [-0.25, -0.2) is 4.79 Å². The van der Waals surface area contributed by atoms with Crippen LogP contribution in [-0.2, 0) is 30.3 Å². The molecule has 0 unspecified atom stereocenters. The van der Waals surface area contributed by atoms with E-state index in [1.807, 2.05) is 42.5 Å². The van der Waals surface area contributed by atoms with E-state index >= 15 is 0 Å². The smallest absolute Gasteiger partial charge is 0.328 e. The Morgan fingerprint density at radius 1 is 0.780 bits per heavy atom. The SMILES string of the molecule is COC(=O)[C@H](Cc1cccc2ccccc12)NC(=O)[C@H](CC(=O)OC(C)(C)C)NC(=O)c1cccc(NC(=O)c2ccc(C(=N)N)cc2)c1.I. The molecule has 262 valence electrons. The van der Waals surface area contributed by atoms with Crippen molar-refractivity contribution in [2.24, 2.45) is 5.73 Å². The first-order valence-corrected chi connectivity index (χ1v) is 15.5. The van der Waals surface area contributed by atoms with Crippen LogP contribution in [-0.4, -0.2) is 60.3 Å². The van der Waals surface area contributed by atoms with Crippen molar-refractivity contribution in [1.29, 1.82) is 5.41 Å². The minimum Gasteiger partial charge on any atom is -0.467 e. The van der Waals surface area contributed by atoms with Gasteiger partial charge < -0.3 is 31.2 Å². The predicted octanol–water partition coefficient (Wildman–Crippen LogP) is 4.72. The van der Waals surface area contributed by atoms with Crippen molar-refractivity contribution in [3.05, 3.63) is 113 Å². The minimum absolute atomic E-state index is 0. The average molecular weight is 794 g/mol. The first kappa shape index (κ1) is 39.1. The van der Waals surface area contributed by atoms with Crippen LogP contribution in [0.3, 0.4) is 0 Å². The van der Waals surface area contributed by atoms with E-state index in [0.717, 1.165) is 16.3 Å². The Labute approximate surface area is 307 Å². The number of fused-ring (bicyclic) bond motifs is 1. The van der Waals surface area contributed by atoms with E-state index in [2.05, 4.69) is 16.0 Å². The summed E-state index contributed by atoms with van der Waals surface area (Å²) in [6, 6.07) is 22.8. The fourth-order valence-corrected chi connectivity index (χ4v) is 5.04. The Bertz CT molecular complexity index is 1880. The number of esters is 2. The predicted molar refractivity (Wildman–Crippen MR) is 201 cm³/mol.